The third-order valence-corrected chi connectivity index (χ3v) is 5.54. The number of aryl methyl sites for hydroxylation is 1. The van der Waals surface area contributed by atoms with Gasteiger partial charge in [-0.2, -0.15) is 26.7 Å². The summed E-state index contributed by atoms with van der Waals surface area (Å²) in [7, 11) is -4.59. The Kier molecular flexibility index (Phi) is 5.84. The van der Waals surface area contributed by atoms with Gasteiger partial charge in [-0.25, -0.2) is 4.68 Å². The van der Waals surface area contributed by atoms with Crippen LogP contribution in [0.2, 0.25) is 0 Å². The Bertz CT molecular complexity index is 1070. The van der Waals surface area contributed by atoms with Crippen molar-refractivity contribution in [1.29, 1.82) is 0 Å². The van der Waals surface area contributed by atoms with Crippen LogP contribution < -0.4 is 5.56 Å². The quantitative estimate of drug-likeness (QED) is 0.746. The number of ether oxygens (including phenoxy) is 1. The second kappa shape index (κ2) is 7.88. The van der Waals surface area contributed by atoms with Crippen molar-refractivity contribution in [2.75, 3.05) is 6.61 Å². The molecule has 1 saturated heterocycles. The molecule has 29 heavy (non-hydrogen) atoms. The number of hydrogen-bond donors (Lipinski definition) is 1. The van der Waals surface area contributed by atoms with Crippen molar-refractivity contribution in [3.8, 4) is 0 Å². The molecule has 1 aliphatic rings. The molecule has 1 unspecified atom stereocenters. The summed E-state index contributed by atoms with van der Waals surface area (Å²) in [5.74, 6) is 0. The molecule has 1 atom stereocenters. The van der Waals surface area contributed by atoms with Crippen molar-refractivity contribution >= 4 is 10.1 Å². The minimum Gasteiger partial charge on any atom is -0.356 e. The van der Waals surface area contributed by atoms with E-state index in [1.54, 1.807) is 6.92 Å². The minimum atomic E-state index is -4.91. The van der Waals surface area contributed by atoms with Gasteiger partial charge in [-0.05, 0) is 43.9 Å². The number of alkyl halides is 3. The average molecular weight is 432 g/mol. The molecule has 2 aromatic rings. The van der Waals surface area contributed by atoms with E-state index in [0.29, 0.717) is 35.8 Å². The number of rotatable bonds is 4. The predicted molar refractivity (Wildman–Crippen MR) is 96.1 cm³/mol. The van der Waals surface area contributed by atoms with E-state index >= 15 is 0 Å². The summed E-state index contributed by atoms with van der Waals surface area (Å²) in [4.78, 5) is 11.9. The smallest absolute Gasteiger partial charge is 0.356 e. The molecule has 1 aromatic carbocycles. The van der Waals surface area contributed by atoms with Gasteiger partial charge in [0.1, 0.15) is 5.56 Å². The van der Waals surface area contributed by atoms with E-state index < -0.39 is 38.5 Å². The van der Waals surface area contributed by atoms with Gasteiger partial charge in [0.15, 0.2) is 6.23 Å². The minimum absolute atomic E-state index is 0.0721. The van der Waals surface area contributed by atoms with Crippen LogP contribution in [-0.4, -0.2) is 29.4 Å². The van der Waals surface area contributed by atoms with Crippen LogP contribution in [0.15, 0.2) is 34.0 Å². The van der Waals surface area contributed by atoms with Crippen molar-refractivity contribution < 1.29 is 30.9 Å². The fourth-order valence-corrected chi connectivity index (χ4v) is 3.96. The monoisotopic (exact) mass is 432 g/mol. The Hall–Kier alpha value is -2.24. The molecule has 3 rings (SSSR count). The lowest BCUT2D eigenvalue weighted by Gasteiger charge is -2.24. The summed E-state index contributed by atoms with van der Waals surface area (Å²) in [6.07, 6.45) is -4.41. The molecule has 7 nitrogen and oxygen atoms in total. The lowest BCUT2D eigenvalue weighted by molar-refractivity contribution is -0.140. The summed E-state index contributed by atoms with van der Waals surface area (Å²) >= 11 is 0. The van der Waals surface area contributed by atoms with Crippen LogP contribution in [0.5, 0.6) is 0 Å². The highest BCUT2D eigenvalue weighted by Gasteiger charge is 2.36. The second-order valence-corrected chi connectivity index (χ2v) is 8.27. The van der Waals surface area contributed by atoms with E-state index in [2.05, 4.69) is 5.10 Å². The zero-order chi connectivity index (χ0) is 21.4. The standard InChI is InChI=1S/C18H19F3N2O5S/c1-11-5-6-15(29(25,26)27)12(8-11)9-13-10-14(18(19,20)21)17(24)23(22-13)16-4-2-3-7-28-16/h5-6,8,10,16H,2-4,7,9H2,1H3,(H,25,26,27). The molecule has 0 amide bonds. The van der Waals surface area contributed by atoms with Gasteiger partial charge in [0.25, 0.3) is 15.7 Å². The van der Waals surface area contributed by atoms with Crippen LogP contribution >= 0.6 is 0 Å². The van der Waals surface area contributed by atoms with Gasteiger partial charge in [0.05, 0.1) is 10.6 Å². The Morgan fingerprint density at radius 1 is 1.28 bits per heavy atom. The van der Waals surface area contributed by atoms with E-state index in [9.17, 15) is 30.9 Å². The lowest BCUT2D eigenvalue weighted by Crippen LogP contribution is -2.36. The second-order valence-electron chi connectivity index (χ2n) is 6.88. The van der Waals surface area contributed by atoms with Crippen LogP contribution in [0.4, 0.5) is 13.2 Å². The Morgan fingerprint density at radius 2 is 2.00 bits per heavy atom. The van der Waals surface area contributed by atoms with Crippen LogP contribution in [-0.2, 0) is 27.5 Å². The molecule has 11 heteroatoms. The van der Waals surface area contributed by atoms with E-state index in [4.69, 9.17) is 4.74 Å². The highest BCUT2D eigenvalue weighted by molar-refractivity contribution is 7.85. The first-order chi connectivity index (χ1) is 13.5. The van der Waals surface area contributed by atoms with E-state index in [1.165, 1.54) is 18.2 Å². The molecule has 158 valence electrons. The SMILES string of the molecule is Cc1ccc(S(=O)(=O)O)c(Cc2cc(C(F)(F)F)c(=O)n(C3CCCCO3)n2)c1. The lowest BCUT2D eigenvalue weighted by atomic mass is 10.1. The average Bonchev–Trinajstić information content (AvgIpc) is 2.62. The van der Waals surface area contributed by atoms with Gasteiger partial charge in [0.2, 0.25) is 0 Å². The first-order valence-corrected chi connectivity index (χ1v) is 10.3. The van der Waals surface area contributed by atoms with Gasteiger partial charge in [-0.1, -0.05) is 17.7 Å². The maximum Gasteiger partial charge on any atom is 0.421 e. The van der Waals surface area contributed by atoms with Crippen molar-refractivity contribution in [3.63, 3.8) is 0 Å². The number of aromatic nitrogens is 2. The maximum absolute atomic E-state index is 13.4. The fourth-order valence-electron chi connectivity index (χ4n) is 3.26. The zero-order valence-electron chi connectivity index (χ0n) is 15.4. The summed E-state index contributed by atoms with van der Waals surface area (Å²) in [6.45, 7) is 1.97. The van der Waals surface area contributed by atoms with Crippen molar-refractivity contribution in [2.45, 2.75) is 49.9 Å². The molecular weight excluding hydrogens is 413 g/mol. The van der Waals surface area contributed by atoms with Crippen LogP contribution in [0, 0.1) is 6.92 Å². The molecule has 0 aliphatic carbocycles. The molecule has 0 bridgehead atoms. The number of halogens is 3. The number of hydrogen-bond acceptors (Lipinski definition) is 5. The van der Waals surface area contributed by atoms with Gasteiger partial charge in [-0.3, -0.25) is 9.35 Å². The topological polar surface area (TPSA) is 98.5 Å². The Labute approximate surface area is 164 Å². The van der Waals surface area contributed by atoms with Gasteiger partial charge in [-0.15, -0.1) is 0 Å². The highest BCUT2D eigenvalue weighted by atomic mass is 32.2. The molecular formula is C18H19F3N2O5S. The van der Waals surface area contributed by atoms with Crippen LogP contribution in [0.25, 0.3) is 0 Å². The summed E-state index contributed by atoms with van der Waals surface area (Å²) in [5, 5.41) is 4.02. The summed E-state index contributed by atoms with van der Waals surface area (Å²) in [5.41, 5.74) is -2.16. The number of benzene rings is 1. The van der Waals surface area contributed by atoms with Crippen molar-refractivity contribution in [2.24, 2.45) is 0 Å². The van der Waals surface area contributed by atoms with E-state index in [0.717, 1.165) is 6.42 Å². The number of nitrogens with zero attached hydrogens (tertiary/aromatic N) is 2. The fraction of sp³-hybridized carbons (Fsp3) is 0.444. The van der Waals surface area contributed by atoms with Crippen molar-refractivity contribution in [1.82, 2.24) is 9.78 Å². The molecule has 1 aromatic heterocycles. The highest BCUT2D eigenvalue weighted by Crippen LogP contribution is 2.29. The third-order valence-electron chi connectivity index (χ3n) is 4.58. The molecule has 1 aliphatic heterocycles. The molecule has 0 spiro atoms. The largest absolute Gasteiger partial charge is 0.421 e. The van der Waals surface area contributed by atoms with Crippen molar-refractivity contribution in [3.05, 3.63) is 57.0 Å². The Balaban J connectivity index is 2.13. The molecule has 1 N–H and O–H groups in total. The van der Waals surface area contributed by atoms with E-state index in [-0.39, 0.29) is 17.7 Å². The third kappa shape index (κ3) is 4.85. The summed E-state index contributed by atoms with van der Waals surface area (Å²) in [6, 6.07) is 4.67. The van der Waals surface area contributed by atoms with Crippen LogP contribution in [0.3, 0.4) is 0 Å². The normalized spacial score (nSPS) is 18.0. The molecule has 1 fully saturated rings. The first-order valence-electron chi connectivity index (χ1n) is 8.85. The van der Waals surface area contributed by atoms with E-state index in [1.807, 2.05) is 0 Å². The zero-order valence-corrected chi connectivity index (χ0v) is 16.3. The Morgan fingerprint density at radius 3 is 2.59 bits per heavy atom. The maximum atomic E-state index is 13.4. The molecule has 0 saturated carbocycles. The van der Waals surface area contributed by atoms with Crippen LogP contribution in [0.1, 0.15) is 47.9 Å². The van der Waals surface area contributed by atoms with Gasteiger partial charge >= 0.3 is 6.18 Å². The predicted octanol–water partition coefficient (Wildman–Crippen LogP) is 3.11. The summed E-state index contributed by atoms with van der Waals surface area (Å²) < 4.78 is 79.1. The molecule has 2 heterocycles. The van der Waals surface area contributed by atoms with Gasteiger partial charge < -0.3 is 4.74 Å². The van der Waals surface area contributed by atoms with Gasteiger partial charge in [0, 0.05) is 13.0 Å². The first kappa shape index (κ1) is 21.5. The molecule has 0 radical (unpaired) electrons.